The summed E-state index contributed by atoms with van der Waals surface area (Å²) in [5.41, 5.74) is 6.46. The fourth-order valence-corrected chi connectivity index (χ4v) is 3.41. The summed E-state index contributed by atoms with van der Waals surface area (Å²) in [4.78, 5) is 60.2. The minimum absolute atomic E-state index is 0.00189. The fraction of sp³-hybridized carbons (Fsp3) is 0.500. The van der Waals surface area contributed by atoms with E-state index in [0.29, 0.717) is 17.7 Å². The van der Waals surface area contributed by atoms with E-state index >= 15 is 0 Å². The number of amides is 3. The zero-order valence-corrected chi connectivity index (χ0v) is 20.0. The van der Waals surface area contributed by atoms with Crippen LogP contribution in [0.1, 0.15) is 31.7 Å². The van der Waals surface area contributed by atoms with Gasteiger partial charge in [0.2, 0.25) is 17.7 Å². The van der Waals surface area contributed by atoms with E-state index in [2.05, 4.69) is 16.0 Å². The van der Waals surface area contributed by atoms with Crippen LogP contribution in [0.25, 0.3) is 0 Å². The van der Waals surface area contributed by atoms with Crippen molar-refractivity contribution in [1.82, 2.24) is 16.0 Å². The Morgan fingerprint density at radius 1 is 0.912 bits per heavy atom. The molecule has 0 bridgehead atoms. The van der Waals surface area contributed by atoms with Gasteiger partial charge in [-0.3, -0.25) is 19.2 Å². The lowest BCUT2D eigenvalue weighted by Crippen LogP contribution is -2.56. The Kier molecular flexibility index (Phi) is 12.7. The van der Waals surface area contributed by atoms with Crippen molar-refractivity contribution in [1.29, 1.82) is 0 Å². The van der Waals surface area contributed by atoms with E-state index in [1.54, 1.807) is 30.3 Å². The van der Waals surface area contributed by atoms with Crippen molar-refractivity contribution in [3.63, 3.8) is 0 Å². The average Bonchev–Trinajstić information content (AvgIpc) is 2.79. The second-order valence-corrected chi connectivity index (χ2v) is 8.69. The number of aliphatic carboxylic acids is 2. The Hall–Kier alpha value is -3.12. The first-order chi connectivity index (χ1) is 16.0. The van der Waals surface area contributed by atoms with Gasteiger partial charge in [-0.05, 0) is 37.3 Å². The molecule has 0 saturated heterocycles. The maximum atomic E-state index is 12.8. The Labute approximate surface area is 202 Å². The first kappa shape index (κ1) is 28.9. The van der Waals surface area contributed by atoms with Gasteiger partial charge in [0.15, 0.2) is 0 Å². The number of rotatable bonds is 15. The van der Waals surface area contributed by atoms with Gasteiger partial charge in [-0.25, -0.2) is 4.79 Å². The standard InChI is InChI=1S/C22H32N4O7S/c1-13(24-20(30)15(23)10-11-34-2)19(29)25-16(8-9-18(27)28)21(31)26-17(22(32)33)12-14-6-4-3-5-7-14/h3-7,13,15-17H,8-12,23H2,1-2H3,(H,24,30)(H,25,29)(H,26,31)(H,27,28)(H,32,33). The number of nitrogens with one attached hydrogen (secondary N) is 3. The molecule has 0 fully saturated rings. The number of nitrogens with two attached hydrogens (primary N) is 1. The van der Waals surface area contributed by atoms with Crippen LogP contribution in [0.5, 0.6) is 0 Å². The molecule has 0 aliphatic rings. The minimum Gasteiger partial charge on any atom is -0.481 e. The molecule has 0 aliphatic carbocycles. The summed E-state index contributed by atoms with van der Waals surface area (Å²) in [6, 6.07) is 4.20. The second-order valence-electron chi connectivity index (χ2n) is 7.70. The molecule has 1 aromatic rings. The lowest BCUT2D eigenvalue weighted by molar-refractivity contribution is -0.143. The third kappa shape index (κ3) is 10.7. The van der Waals surface area contributed by atoms with Crippen molar-refractivity contribution in [3.8, 4) is 0 Å². The number of hydrogen-bond acceptors (Lipinski definition) is 7. The summed E-state index contributed by atoms with van der Waals surface area (Å²) in [7, 11) is 0. The Balaban J connectivity index is 2.84. The SMILES string of the molecule is CSCCC(N)C(=O)NC(C)C(=O)NC(CCC(=O)O)C(=O)NC(Cc1ccccc1)C(=O)O. The van der Waals surface area contributed by atoms with Crippen LogP contribution in [0.2, 0.25) is 0 Å². The number of carbonyl (C=O) groups is 5. The number of carboxylic acid groups (broad SMARTS) is 2. The Morgan fingerprint density at radius 3 is 2.09 bits per heavy atom. The van der Waals surface area contributed by atoms with E-state index < -0.39 is 60.2 Å². The van der Waals surface area contributed by atoms with Crippen LogP contribution >= 0.6 is 11.8 Å². The van der Waals surface area contributed by atoms with E-state index in [4.69, 9.17) is 10.8 Å². The molecule has 0 heterocycles. The molecule has 3 amide bonds. The molecule has 12 heteroatoms. The van der Waals surface area contributed by atoms with Gasteiger partial charge < -0.3 is 31.9 Å². The van der Waals surface area contributed by atoms with Gasteiger partial charge in [0.1, 0.15) is 18.1 Å². The molecule has 4 unspecified atom stereocenters. The fourth-order valence-electron chi connectivity index (χ4n) is 2.92. The number of hydrogen-bond donors (Lipinski definition) is 6. The van der Waals surface area contributed by atoms with Crippen LogP contribution in [-0.2, 0) is 30.4 Å². The zero-order chi connectivity index (χ0) is 25.7. The molecule has 11 nitrogen and oxygen atoms in total. The van der Waals surface area contributed by atoms with Crippen LogP contribution < -0.4 is 21.7 Å². The van der Waals surface area contributed by atoms with Gasteiger partial charge in [-0.2, -0.15) is 11.8 Å². The number of thioether (sulfide) groups is 1. The molecule has 4 atom stereocenters. The van der Waals surface area contributed by atoms with Gasteiger partial charge in [-0.1, -0.05) is 30.3 Å². The highest BCUT2D eigenvalue weighted by Crippen LogP contribution is 2.06. The average molecular weight is 497 g/mol. The van der Waals surface area contributed by atoms with E-state index in [1.807, 2.05) is 6.26 Å². The largest absolute Gasteiger partial charge is 0.481 e. The number of benzene rings is 1. The van der Waals surface area contributed by atoms with E-state index in [-0.39, 0.29) is 12.8 Å². The highest BCUT2D eigenvalue weighted by atomic mass is 32.2. The lowest BCUT2D eigenvalue weighted by atomic mass is 10.0. The molecule has 0 aliphatic heterocycles. The van der Waals surface area contributed by atoms with Crippen molar-refractivity contribution in [2.75, 3.05) is 12.0 Å². The number of carboxylic acids is 2. The first-order valence-corrected chi connectivity index (χ1v) is 12.1. The highest BCUT2D eigenvalue weighted by molar-refractivity contribution is 7.98. The van der Waals surface area contributed by atoms with Gasteiger partial charge in [-0.15, -0.1) is 0 Å². The van der Waals surface area contributed by atoms with E-state index in [9.17, 15) is 29.1 Å². The molecular weight excluding hydrogens is 464 g/mol. The summed E-state index contributed by atoms with van der Waals surface area (Å²) in [6.45, 7) is 1.40. The highest BCUT2D eigenvalue weighted by Gasteiger charge is 2.29. The quantitative estimate of drug-likeness (QED) is 0.190. The molecule has 0 aromatic heterocycles. The monoisotopic (exact) mass is 496 g/mol. The van der Waals surface area contributed by atoms with E-state index in [0.717, 1.165) is 0 Å². The molecule has 188 valence electrons. The molecular formula is C22H32N4O7S. The topological polar surface area (TPSA) is 188 Å². The van der Waals surface area contributed by atoms with E-state index in [1.165, 1.54) is 18.7 Å². The summed E-state index contributed by atoms with van der Waals surface area (Å²) < 4.78 is 0. The van der Waals surface area contributed by atoms with Gasteiger partial charge in [0, 0.05) is 12.8 Å². The van der Waals surface area contributed by atoms with Crippen molar-refractivity contribution in [3.05, 3.63) is 35.9 Å². The van der Waals surface area contributed by atoms with Crippen molar-refractivity contribution in [2.24, 2.45) is 5.73 Å². The molecule has 0 spiro atoms. The summed E-state index contributed by atoms with van der Waals surface area (Å²) in [5.74, 6) is -3.90. The predicted molar refractivity (Wildman–Crippen MR) is 127 cm³/mol. The maximum absolute atomic E-state index is 12.8. The van der Waals surface area contributed by atoms with Crippen LogP contribution in [0.3, 0.4) is 0 Å². The Morgan fingerprint density at radius 2 is 1.53 bits per heavy atom. The van der Waals surface area contributed by atoms with Crippen LogP contribution in [-0.4, -0.2) is 76.0 Å². The van der Waals surface area contributed by atoms with Crippen LogP contribution in [0.15, 0.2) is 30.3 Å². The second kappa shape index (κ2) is 14.9. The minimum atomic E-state index is -1.31. The maximum Gasteiger partial charge on any atom is 0.326 e. The molecule has 1 rings (SSSR count). The first-order valence-electron chi connectivity index (χ1n) is 10.7. The predicted octanol–water partition coefficient (Wildman–Crippen LogP) is -0.267. The zero-order valence-electron chi connectivity index (χ0n) is 19.2. The lowest BCUT2D eigenvalue weighted by Gasteiger charge is -2.23. The van der Waals surface area contributed by atoms with Crippen LogP contribution in [0.4, 0.5) is 0 Å². The summed E-state index contributed by atoms with van der Waals surface area (Å²) in [5, 5.41) is 25.7. The normalized spacial score (nSPS) is 14.2. The Bertz CT molecular complexity index is 853. The van der Waals surface area contributed by atoms with Gasteiger partial charge in [0.05, 0.1) is 6.04 Å². The van der Waals surface area contributed by atoms with Crippen molar-refractivity contribution >= 4 is 41.4 Å². The van der Waals surface area contributed by atoms with Crippen LogP contribution in [0, 0.1) is 0 Å². The molecule has 0 saturated carbocycles. The number of carbonyl (C=O) groups excluding carboxylic acids is 3. The third-order valence-electron chi connectivity index (χ3n) is 4.90. The van der Waals surface area contributed by atoms with Gasteiger partial charge in [0.25, 0.3) is 0 Å². The van der Waals surface area contributed by atoms with Crippen molar-refractivity contribution < 1.29 is 34.2 Å². The molecule has 1 aromatic carbocycles. The molecule has 7 N–H and O–H groups in total. The summed E-state index contributed by atoms with van der Waals surface area (Å²) >= 11 is 1.53. The van der Waals surface area contributed by atoms with Crippen molar-refractivity contribution in [2.45, 2.75) is 56.8 Å². The summed E-state index contributed by atoms with van der Waals surface area (Å²) in [6.07, 6.45) is 1.59. The molecule has 0 radical (unpaired) electrons. The third-order valence-corrected chi connectivity index (χ3v) is 5.54. The smallest absolute Gasteiger partial charge is 0.326 e. The molecule has 34 heavy (non-hydrogen) atoms. The van der Waals surface area contributed by atoms with Gasteiger partial charge >= 0.3 is 11.9 Å².